The SMILES string of the molecule is CCC(F)(C(=O)O)c1cc(F)ccc1OC. The van der Waals surface area contributed by atoms with Crippen molar-refractivity contribution in [1.82, 2.24) is 0 Å². The van der Waals surface area contributed by atoms with E-state index in [0.29, 0.717) is 0 Å². The lowest BCUT2D eigenvalue weighted by molar-refractivity contribution is -0.152. The largest absolute Gasteiger partial charge is 0.496 e. The van der Waals surface area contributed by atoms with Crippen LogP contribution in [0.2, 0.25) is 0 Å². The van der Waals surface area contributed by atoms with Crippen molar-refractivity contribution in [3.8, 4) is 5.75 Å². The molecule has 0 aromatic heterocycles. The Balaban J connectivity index is 3.39. The van der Waals surface area contributed by atoms with E-state index < -0.39 is 17.5 Å². The van der Waals surface area contributed by atoms with Crippen LogP contribution >= 0.6 is 0 Å². The minimum Gasteiger partial charge on any atom is -0.496 e. The van der Waals surface area contributed by atoms with Crippen LogP contribution in [0.1, 0.15) is 18.9 Å². The fourth-order valence-electron chi connectivity index (χ4n) is 1.45. The molecule has 1 aromatic carbocycles. The van der Waals surface area contributed by atoms with E-state index in [-0.39, 0.29) is 17.7 Å². The summed E-state index contributed by atoms with van der Waals surface area (Å²) in [5.74, 6) is -2.33. The maximum atomic E-state index is 14.2. The molecule has 0 fully saturated rings. The van der Waals surface area contributed by atoms with E-state index in [1.54, 1.807) is 0 Å². The molecule has 0 bridgehead atoms. The first kappa shape index (κ1) is 12.4. The second-order valence-electron chi connectivity index (χ2n) is 3.30. The van der Waals surface area contributed by atoms with Gasteiger partial charge in [0.15, 0.2) is 0 Å². The smallest absolute Gasteiger partial charge is 0.346 e. The number of methoxy groups -OCH3 is 1. The molecule has 0 spiro atoms. The molecule has 1 N–H and O–H groups in total. The van der Waals surface area contributed by atoms with Gasteiger partial charge in [0.1, 0.15) is 11.6 Å². The van der Waals surface area contributed by atoms with Crippen LogP contribution in [0.25, 0.3) is 0 Å². The van der Waals surface area contributed by atoms with Crippen LogP contribution in [-0.4, -0.2) is 18.2 Å². The normalized spacial score (nSPS) is 14.2. The van der Waals surface area contributed by atoms with Crippen molar-refractivity contribution in [3.63, 3.8) is 0 Å². The molecular formula is C11H12F2O3. The molecule has 88 valence electrons. The number of hydrogen-bond donors (Lipinski definition) is 1. The number of rotatable bonds is 4. The quantitative estimate of drug-likeness (QED) is 0.864. The third-order valence-corrected chi connectivity index (χ3v) is 2.41. The van der Waals surface area contributed by atoms with Crippen molar-refractivity contribution in [2.24, 2.45) is 0 Å². The first-order valence-electron chi connectivity index (χ1n) is 4.72. The third kappa shape index (κ3) is 1.98. The lowest BCUT2D eigenvalue weighted by Gasteiger charge is -2.21. The summed E-state index contributed by atoms with van der Waals surface area (Å²) in [7, 11) is 1.27. The first-order chi connectivity index (χ1) is 7.45. The second kappa shape index (κ2) is 4.47. The summed E-state index contributed by atoms with van der Waals surface area (Å²) in [6.45, 7) is 1.37. The molecule has 1 unspecified atom stereocenters. The Morgan fingerprint density at radius 1 is 1.56 bits per heavy atom. The maximum absolute atomic E-state index is 14.2. The molecule has 16 heavy (non-hydrogen) atoms. The lowest BCUT2D eigenvalue weighted by Crippen LogP contribution is -2.30. The van der Waals surface area contributed by atoms with E-state index in [0.717, 1.165) is 12.1 Å². The van der Waals surface area contributed by atoms with Crippen LogP contribution in [-0.2, 0) is 10.5 Å². The lowest BCUT2D eigenvalue weighted by atomic mass is 9.92. The number of benzene rings is 1. The molecule has 0 aliphatic carbocycles. The van der Waals surface area contributed by atoms with Crippen LogP contribution in [0.4, 0.5) is 8.78 Å². The molecule has 5 heteroatoms. The van der Waals surface area contributed by atoms with Crippen LogP contribution in [0.3, 0.4) is 0 Å². The van der Waals surface area contributed by atoms with Gasteiger partial charge in [0.25, 0.3) is 0 Å². The van der Waals surface area contributed by atoms with Gasteiger partial charge in [0, 0.05) is 5.56 Å². The monoisotopic (exact) mass is 230 g/mol. The Morgan fingerprint density at radius 3 is 2.62 bits per heavy atom. The zero-order valence-electron chi connectivity index (χ0n) is 8.96. The van der Waals surface area contributed by atoms with Gasteiger partial charge in [0.2, 0.25) is 5.67 Å². The van der Waals surface area contributed by atoms with Crippen LogP contribution in [0.5, 0.6) is 5.75 Å². The molecule has 0 aliphatic heterocycles. The van der Waals surface area contributed by atoms with Gasteiger partial charge in [-0.25, -0.2) is 13.6 Å². The van der Waals surface area contributed by atoms with Crippen molar-refractivity contribution in [3.05, 3.63) is 29.6 Å². The predicted octanol–water partition coefficient (Wildman–Crippen LogP) is 2.49. The van der Waals surface area contributed by atoms with E-state index in [1.807, 2.05) is 0 Å². The highest BCUT2D eigenvalue weighted by atomic mass is 19.1. The maximum Gasteiger partial charge on any atom is 0.346 e. The standard InChI is InChI=1S/C11H12F2O3/c1-3-11(13,10(14)15)8-6-7(12)4-5-9(8)16-2/h4-6H,3H2,1-2H3,(H,14,15). The fourth-order valence-corrected chi connectivity index (χ4v) is 1.45. The molecule has 0 aliphatic rings. The summed E-state index contributed by atoms with van der Waals surface area (Å²) in [5.41, 5.74) is -2.93. The highest BCUT2D eigenvalue weighted by Crippen LogP contribution is 2.36. The van der Waals surface area contributed by atoms with Gasteiger partial charge in [-0.3, -0.25) is 0 Å². The number of hydrogen-bond acceptors (Lipinski definition) is 2. The van der Waals surface area contributed by atoms with Crippen molar-refractivity contribution in [2.75, 3.05) is 7.11 Å². The summed E-state index contributed by atoms with van der Waals surface area (Å²) in [6, 6.07) is 3.13. The topological polar surface area (TPSA) is 46.5 Å². The van der Waals surface area contributed by atoms with Gasteiger partial charge >= 0.3 is 5.97 Å². The number of carboxylic acid groups (broad SMARTS) is 1. The van der Waals surface area contributed by atoms with Crippen molar-refractivity contribution in [1.29, 1.82) is 0 Å². The molecule has 1 rings (SSSR count). The van der Waals surface area contributed by atoms with Gasteiger partial charge < -0.3 is 9.84 Å². The second-order valence-corrected chi connectivity index (χ2v) is 3.30. The van der Waals surface area contributed by atoms with Gasteiger partial charge in [0.05, 0.1) is 7.11 Å². The zero-order chi connectivity index (χ0) is 12.3. The van der Waals surface area contributed by atoms with Crippen LogP contribution < -0.4 is 4.74 Å². The fraction of sp³-hybridized carbons (Fsp3) is 0.364. The van der Waals surface area contributed by atoms with Gasteiger partial charge in [-0.05, 0) is 24.6 Å². The molecule has 0 amide bonds. The number of aliphatic carboxylic acids is 1. The highest BCUT2D eigenvalue weighted by Gasteiger charge is 2.41. The van der Waals surface area contributed by atoms with E-state index >= 15 is 0 Å². The summed E-state index contributed by atoms with van der Waals surface area (Å²) in [6.07, 6.45) is -0.303. The number of alkyl halides is 1. The van der Waals surface area contributed by atoms with Crippen molar-refractivity contribution >= 4 is 5.97 Å². The molecule has 1 atom stereocenters. The zero-order valence-corrected chi connectivity index (χ0v) is 8.96. The summed E-state index contributed by atoms with van der Waals surface area (Å²) >= 11 is 0. The van der Waals surface area contributed by atoms with Gasteiger partial charge in [-0.2, -0.15) is 0 Å². The molecule has 0 heterocycles. The van der Waals surface area contributed by atoms with E-state index in [1.165, 1.54) is 20.1 Å². The molecule has 0 radical (unpaired) electrons. The van der Waals surface area contributed by atoms with Gasteiger partial charge in [-0.1, -0.05) is 6.92 Å². The van der Waals surface area contributed by atoms with E-state index in [2.05, 4.69) is 0 Å². The molecular weight excluding hydrogens is 218 g/mol. The Labute approximate surface area is 91.7 Å². The van der Waals surface area contributed by atoms with Crippen LogP contribution in [0, 0.1) is 5.82 Å². The van der Waals surface area contributed by atoms with E-state index in [9.17, 15) is 13.6 Å². The highest BCUT2D eigenvalue weighted by molar-refractivity contribution is 5.80. The van der Waals surface area contributed by atoms with Crippen molar-refractivity contribution in [2.45, 2.75) is 19.0 Å². The van der Waals surface area contributed by atoms with Gasteiger partial charge in [-0.15, -0.1) is 0 Å². The first-order valence-corrected chi connectivity index (χ1v) is 4.72. The van der Waals surface area contributed by atoms with E-state index in [4.69, 9.17) is 9.84 Å². The van der Waals surface area contributed by atoms with Crippen molar-refractivity contribution < 1.29 is 23.4 Å². The molecule has 0 saturated heterocycles. The molecule has 0 saturated carbocycles. The minimum atomic E-state index is -2.63. The third-order valence-electron chi connectivity index (χ3n) is 2.41. The number of halogens is 2. The molecule has 1 aromatic rings. The number of carbonyl (C=O) groups is 1. The minimum absolute atomic E-state index is 0.0214. The summed E-state index contributed by atoms with van der Waals surface area (Å²) in [4.78, 5) is 10.9. The Morgan fingerprint density at radius 2 is 2.19 bits per heavy atom. The molecule has 3 nitrogen and oxygen atoms in total. The average Bonchev–Trinajstić information content (AvgIpc) is 2.27. The predicted molar refractivity (Wildman–Crippen MR) is 53.7 cm³/mol. The Hall–Kier alpha value is -1.65. The Bertz CT molecular complexity index is 406. The number of ether oxygens (including phenoxy) is 1. The number of carboxylic acids is 1. The summed E-state index contributed by atoms with van der Waals surface area (Å²) in [5, 5.41) is 8.84. The average molecular weight is 230 g/mol. The summed E-state index contributed by atoms with van der Waals surface area (Å²) < 4.78 is 32.0. The van der Waals surface area contributed by atoms with Crippen LogP contribution in [0.15, 0.2) is 18.2 Å². The Kier molecular flexibility index (Phi) is 3.47.